The van der Waals surface area contributed by atoms with Crippen molar-refractivity contribution >= 4 is 23.4 Å². The molecule has 0 aromatic heterocycles. The van der Waals surface area contributed by atoms with Crippen LogP contribution >= 0.6 is 0 Å². The van der Waals surface area contributed by atoms with Gasteiger partial charge in [-0.1, -0.05) is 30.3 Å². The highest BCUT2D eigenvalue weighted by molar-refractivity contribution is 5.98. The van der Waals surface area contributed by atoms with E-state index in [0.29, 0.717) is 22.7 Å². The first-order valence-electron chi connectivity index (χ1n) is 8.32. The van der Waals surface area contributed by atoms with Crippen LogP contribution in [0.1, 0.15) is 18.5 Å². The third-order valence-electron chi connectivity index (χ3n) is 3.84. The van der Waals surface area contributed by atoms with Crippen LogP contribution in [-0.4, -0.2) is 31.1 Å². The molecule has 0 unspecified atom stereocenters. The van der Waals surface area contributed by atoms with Gasteiger partial charge in [-0.3, -0.25) is 14.4 Å². The summed E-state index contributed by atoms with van der Waals surface area (Å²) in [5, 5.41) is 7.81. The number of nitrogens with one attached hydrogen (secondary N) is 3. The summed E-state index contributed by atoms with van der Waals surface area (Å²) >= 11 is 0. The van der Waals surface area contributed by atoms with Crippen LogP contribution in [0, 0.1) is 0 Å². The first-order valence-corrected chi connectivity index (χ1v) is 8.32. The molecular formula is C19H19N3O5. The Bertz CT molecular complexity index is 854. The lowest BCUT2D eigenvalue weighted by Crippen LogP contribution is -2.42. The van der Waals surface area contributed by atoms with Gasteiger partial charge in [0.1, 0.15) is 6.04 Å². The van der Waals surface area contributed by atoms with Gasteiger partial charge in [0.2, 0.25) is 18.6 Å². The zero-order valence-electron chi connectivity index (χ0n) is 14.7. The number of ether oxygens (including phenoxy) is 2. The Kier molecular flexibility index (Phi) is 5.55. The molecule has 2 aromatic carbocycles. The van der Waals surface area contributed by atoms with E-state index in [1.165, 1.54) is 6.92 Å². The van der Waals surface area contributed by atoms with Gasteiger partial charge >= 0.3 is 0 Å². The van der Waals surface area contributed by atoms with Gasteiger partial charge in [-0.25, -0.2) is 0 Å². The summed E-state index contributed by atoms with van der Waals surface area (Å²) in [5.74, 6) is -0.0719. The van der Waals surface area contributed by atoms with E-state index >= 15 is 0 Å². The molecule has 0 radical (unpaired) electrons. The van der Waals surface area contributed by atoms with Crippen LogP contribution in [0.2, 0.25) is 0 Å². The minimum Gasteiger partial charge on any atom is -0.454 e. The molecule has 0 fully saturated rings. The average molecular weight is 369 g/mol. The SMILES string of the molecule is CC(=O)NCC(=O)N[C@@H](C(=O)Nc1ccc2c(c1)OCO2)c1ccccc1. The van der Waals surface area contributed by atoms with E-state index < -0.39 is 17.9 Å². The third kappa shape index (κ3) is 4.75. The van der Waals surface area contributed by atoms with Crippen LogP contribution < -0.4 is 25.4 Å². The fraction of sp³-hybridized carbons (Fsp3) is 0.211. The van der Waals surface area contributed by atoms with E-state index in [9.17, 15) is 14.4 Å². The van der Waals surface area contributed by atoms with Gasteiger partial charge in [-0.2, -0.15) is 0 Å². The molecule has 1 heterocycles. The summed E-state index contributed by atoms with van der Waals surface area (Å²) in [6.07, 6.45) is 0. The van der Waals surface area contributed by atoms with Crippen LogP contribution in [0.3, 0.4) is 0 Å². The van der Waals surface area contributed by atoms with Gasteiger partial charge in [0.25, 0.3) is 5.91 Å². The van der Waals surface area contributed by atoms with Crippen LogP contribution in [0.5, 0.6) is 11.5 Å². The fourth-order valence-electron chi connectivity index (χ4n) is 2.55. The van der Waals surface area contributed by atoms with Crippen molar-refractivity contribution in [3.8, 4) is 11.5 Å². The van der Waals surface area contributed by atoms with E-state index in [1.54, 1.807) is 42.5 Å². The second-order valence-electron chi connectivity index (χ2n) is 5.88. The van der Waals surface area contributed by atoms with Gasteiger partial charge in [-0.05, 0) is 17.7 Å². The Labute approximate surface area is 155 Å². The molecule has 140 valence electrons. The number of carbonyl (C=O) groups is 3. The summed E-state index contributed by atoms with van der Waals surface area (Å²) in [6, 6.07) is 13.0. The smallest absolute Gasteiger partial charge is 0.251 e. The molecular weight excluding hydrogens is 350 g/mol. The number of amides is 3. The van der Waals surface area contributed by atoms with E-state index in [-0.39, 0.29) is 19.2 Å². The van der Waals surface area contributed by atoms with Crippen molar-refractivity contribution in [2.45, 2.75) is 13.0 Å². The monoisotopic (exact) mass is 369 g/mol. The molecule has 0 bridgehead atoms. The van der Waals surface area contributed by atoms with E-state index in [0.717, 1.165) is 0 Å². The molecule has 8 nitrogen and oxygen atoms in total. The quantitative estimate of drug-likeness (QED) is 0.713. The molecule has 3 amide bonds. The fourth-order valence-corrected chi connectivity index (χ4v) is 2.55. The van der Waals surface area contributed by atoms with Crippen molar-refractivity contribution in [2.75, 3.05) is 18.7 Å². The predicted octanol–water partition coefficient (Wildman–Crippen LogP) is 1.35. The lowest BCUT2D eigenvalue weighted by Gasteiger charge is -2.19. The number of benzene rings is 2. The standard InChI is InChI=1S/C19H19N3O5/c1-12(23)20-10-17(24)22-18(13-5-3-2-4-6-13)19(25)21-14-7-8-15-16(9-14)27-11-26-15/h2-9,18H,10-11H2,1H3,(H,20,23)(H,21,25)(H,22,24)/t18-/m1/s1. The maximum Gasteiger partial charge on any atom is 0.251 e. The largest absolute Gasteiger partial charge is 0.454 e. The Hall–Kier alpha value is -3.55. The Morgan fingerprint density at radius 2 is 1.78 bits per heavy atom. The maximum absolute atomic E-state index is 12.8. The van der Waals surface area contributed by atoms with Crippen molar-refractivity contribution in [1.82, 2.24) is 10.6 Å². The number of rotatable bonds is 6. The normalized spacial score (nSPS) is 12.8. The number of hydrogen-bond acceptors (Lipinski definition) is 5. The van der Waals surface area contributed by atoms with Crippen molar-refractivity contribution in [2.24, 2.45) is 0 Å². The second kappa shape index (κ2) is 8.22. The first kappa shape index (κ1) is 18.2. The number of fused-ring (bicyclic) bond motifs is 1. The highest BCUT2D eigenvalue weighted by atomic mass is 16.7. The predicted molar refractivity (Wildman–Crippen MR) is 97.2 cm³/mol. The highest BCUT2D eigenvalue weighted by Crippen LogP contribution is 2.34. The van der Waals surface area contributed by atoms with E-state index in [4.69, 9.17) is 9.47 Å². The van der Waals surface area contributed by atoms with Gasteiger partial charge in [0.15, 0.2) is 11.5 Å². The third-order valence-corrected chi connectivity index (χ3v) is 3.84. The molecule has 3 N–H and O–H groups in total. The molecule has 8 heteroatoms. The maximum atomic E-state index is 12.8. The van der Waals surface area contributed by atoms with Crippen LogP contribution in [0.15, 0.2) is 48.5 Å². The van der Waals surface area contributed by atoms with Crippen molar-refractivity contribution in [3.63, 3.8) is 0 Å². The number of hydrogen-bond donors (Lipinski definition) is 3. The van der Waals surface area contributed by atoms with Gasteiger partial charge in [-0.15, -0.1) is 0 Å². The zero-order chi connectivity index (χ0) is 19.2. The van der Waals surface area contributed by atoms with Gasteiger partial charge in [0, 0.05) is 18.7 Å². The average Bonchev–Trinajstić information content (AvgIpc) is 3.13. The minimum absolute atomic E-state index is 0.137. The summed E-state index contributed by atoms with van der Waals surface area (Å²) in [6.45, 7) is 1.24. The minimum atomic E-state index is -0.919. The highest BCUT2D eigenvalue weighted by Gasteiger charge is 2.23. The molecule has 2 aromatic rings. The molecule has 1 aliphatic rings. The van der Waals surface area contributed by atoms with E-state index in [1.807, 2.05) is 6.07 Å². The molecule has 0 aliphatic carbocycles. The molecule has 3 rings (SSSR count). The second-order valence-corrected chi connectivity index (χ2v) is 5.88. The number of carbonyl (C=O) groups excluding carboxylic acids is 3. The summed E-state index contributed by atoms with van der Waals surface area (Å²) < 4.78 is 10.5. The van der Waals surface area contributed by atoms with Gasteiger partial charge in [0.05, 0.1) is 6.54 Å². The van der Waals surface area contributed by atoms with Crippen molar-refractivity contribution in [3.05, 3.63) is 54.1 Å². The lowest BCUT2D eigenvalue weighted by atomic mass is 10.1. The topological polar surface area (TPSA) is 106 Å². The molecule has 27 heavy (non-hydrogen) atoms. The van der Waals surface area contributed by atoms with Crippen LogP contribution in [0.4, 0.5) is 5.69 Å². The van der Waals surface area contributed by atoms with E-state index in [2.05, 4.69) is 16.0 Å². The van der Waals surface area contributed by atoms with Crippen molar-refractivity contribution < 1.29 is 23.9 Å². The number of anilines is 1. The summed E-state index contributed by atoms with van der Waals surface area (Å²) in [7, 11) is 0. The molecule has 1 aliphatic heterocycles. The van der Waals surface area contributed by atoms with Crippen LogP contribution in [-0.2, 0) is 14.4 Å². The Morgan fingerprint density at radius 3 is 2.52 bits per heavy atom. The molecule has 0 saturated carbocycles. The van der Waals surface area contributed by atoms with Crippen LogP contribution in [0.25, 0.3) is 0 Å². The zero-order valence-corrected chi connectivity index (χ0v) is 14.7. The molecule has 0 spiro atoms. The molecule has 0 saturated heterocycles. The first-order chi connectivity index (χ1) is 13.0. The molecule has 1 atom stereocenters. The summed E-state index contributed by atoms with van der Waals surface area (Å²) in [4.78, 5) is 35.9. The summed E-state index contributed by atoms with van der Waals surface area (Å²) in [5.41, 5.74) is 1.13. The Balaban J connectivity index is 1.74. The lowest BCUT2D eigenvalue weighted by molar-refractivity contribution is -0.127. The van der Waals surface area contributed by atoms with Gasteiger partial charge < -0.3 is 25.4 Å². The van der Waals surface area contributed by atoms with Crippen molar-refractivity contribution in [1.29, 1.82) is 0 Å². The Morgan fingerprint density at radius 1 is 1.04 bits per heavy atom.